The third-order valence-electron chi connectivity index (χ3n) is 4.69. The number of hydrogen-bond donors (Lipinski definition) is 0. The van der Waals surface area contributed by atoms with Crippen LogP contribution in [0.1, 0.15) is 17.3 Å². The Morgan fingerprint density at radius 2 is 1.91 bits per heavy atom. The van der Waals surface area contributed by atoms with Crippen molar-refractivity contribution in [3.05, 3.63) is 42.0 Å². The lowest BCUT2D eigenvalue weighted by Gasteiger charge is -2.24. The highest BCUT2D eigenvalue weighted by atomic mass is 16.5. The molecule has 3 heterocycles. The van der Waals surface area contributed by atoms with E-state index in [1.54, 1.807) is 0 Å². The lowest BCUT2D eigenvalue weighted by molar-refractivity contribution is -0.255. The van der Waals surface area contributed by atoms with E-state index in [2.05, 4.69) is 0 Å². The Kier molecular flexibility index (Phi) is 2.43. The highest BCUT2D eigenvalue weighted by Gasteiger charge is 2.65. The number of hydrogen-bond acceptors (Lipinski definition) is 5. The minimum atomic E-state index is -1.30. The fraction of sp³-hybridized carbons (Fsp3) is 0.312. The normalized spacial score (nSPS) is 35.3. The molecule has 112 valence electrons. The molecule has 3 aliphatic rings. The Hall–Kier alpha value is -2.47. The standard InChI is InChI=1S/C16H13NO5/c1-16-7-6-10(22-16)11-12(16)14(19)17(13(11)18)9-4-2-8(3-5-9)15(20)21/h2-7,10-12H,1H3,(H,20,21)/p-1/t10-,11-,12+,16+/m0/s1. The number of carboxylic acid groups (broad SMARTS) is 1. The molecule has 22 heavy (non-hydrogen) atoms. The molecule has 0 saturated carbocycles. The Morgan fingerprint density at radius 3 is 2.50 bits per heavy atom. The van der Waals surface area contributed by atoms with E-state index in [0.29, 0.717) is 5.69 Å². The molecule has 0 N–H and O–H groups in total. The molecule has 2 bridgehead atoms. The van der Waals surface area contributed by atoms with E-state index in [4.69, 9.17) is 4.74 Å². The van der Waals surface area contributed by atoms with Crippen LogP contribution in [0.15, 0.2) is 36.4 Å². The molecular formula is C16H12NO5-. The number of amides is 2. The van der Waals surface area contributed by atoms with Gasteiger partial charge in [-0.2, -0.15) is 0 Å². The van der Waals surface area contributed by atoms with Crippen LogP contribution in [0.25, 0.3) is 0 Å². The van der Waals surface area contributed by atoms with E-state index in [9.17, 15) is 19.5 Å². The van der Waals surface area contributed by atoms with Crippen molar-refractivity contribution < 1.29 is 24.2 Å². The second kappa shape index (κ2) is 4.04. The Balaban J connectivity index is 1.71. The molecule has 2 fully saturated rings. The molecule has 4 atom stereocenters. The molecule has 6 nitrogen and oxygen atoms in total. The summed E-state index contributed by atoms with van der Waals surface area (Å²) in [6.45, 7) is 1.81. The average molecular weight is 298 g/mol. The molecule has 6 heteroatoms. The molecule has 4 rings (SSSR count). The summed E-state index contributed by atoms with van der Waals surface area (Å²) in [5.74, 6) is -2.91. The summed E-state index contributed by atoms with van der Waals surface area (Å²) in [4.78, 5) is 37.2. The zero-order chi connectivity index (χ0) is 15.6. The van der Waals surface area contributed by atoms with Crippen LogP contribution in [-0.2, 0) is 14.3 Å². The summed E-state index contributed by atoms with van der Waals surface area (Å²) in [6.07, 6.45) is 3.31. The van der Waals surface area contributed by atoms with Gasteiger partial charge in [-0.25, -0.2) is 4.90 Å². The SMILES string of the molecule is C[C@]12C=C[C@H](O1)[C@@H]1C(=O)N(c3ccc(C(=O)[O-])cc3)C(=O)[C@@H]12. The second-order valence-electron chi connectivity index (χ2n) is 5.98. The summed E-state index contributed by atoms with van der Waals surface area (Å²) in [6, 6.07) is 5.54. The van der Waals surface area contributed by atoms with Gasteiger partial charge in [0.2, 0.25) is 11.8 Å². The van der Waals surface area contributed by atoms with Crippen LogP contribution in [-0.4, -0.2) is 29.5 Å². The minimum absolute atomic E-state index is 0.0000651. The van der Waals surface area contributed by atoms with E-state index in [-0.39, 0.29) is 23.5 Å². The first-order valence-corrected chi connectivity index (χ1v) is 6.99. The molecular weight excluding hydrogens is 286 g/mol. The van der Waals surface area contributed by atoms with Crippen molar-refractivity contribution in [1.82, 2.24) is 0 Å². The maximum absolute atomic E-state index is 12.7. The molecule has 0 radical (unpaired) electrons. The third-order valence-corrected chi connectivity index (χ3v) is 4.69. The van der Waals surface area contributed by atoms with Crippen LogP contribution in [0.2, 0.25) is 0 Å². The van der Waals surface area contributed by atoms with Crippen molar-refractivity contribution in [3.63, 3.8) is 0 Å². The average Bonchev–Trinajstić information content (AvgIpc) is 3.08. The molecule has 1 aromatic rings. The van der Waals surface area contributed by atoms with Crippen LogP contribution < -0.4 is 10.0 Å². The zero-order valence-electron chi connectivity index (χ0n) is 11.7. The van der Waals surface area contributed by atoms with Gasteiger partial charge in [-0.05, 0) is 24.6 Å². The number of aromatic carboxylic acids is 1. The number of benzene rings is 1. The predicted molar refractivity (Wildman–Crippen MR) is 72.7 cm³/mol. The number of rotatable bonds is 2. The largest absolute Gasteiger partial charge is 0.545 e. The first kappa shape index (κ1) is 13.2. The quantitative estimate of drug-likeness (QED) is 0.561. The Labute approximate surface area is 126 Å². The number of carbonyl (C=O) groups excluding carboxylic acids is 3. The molecule has 0 unspecified atom stereocenters. The Morgan fingerprint density at radius 1 is 1.23 bits per heavy atom. The van der Waals surface area contributed by atoms with E-state index >= 15 is 0 Å². The molecule has 2 amide bonds. The van der Waals surface area contributed by atoms with E-state index in [0.717, 1.165) is 4.90 Å². The van der Waals surface area contributed by atoms with Gasteiger partial charge in [0.25, 0.3) is 0 Å². The summed E-state index contributed by atoms with van der Waals surface area (Å²) < 4.78 is 5.74. The van der Waals surface area contributed by atoms with Gasteiger partial charge in [-0.1, -0.05) is 24.3 Å². The third kappa shape index (κ3) is 1.50. The number of ether oxygens (including phenoxy) is 1. The van der Waals surface area contributed by atoms with Crippen molar-refractivity contribution in [2.24, 2.45) is 11.8 Å². The molecule has 0 spiro atoms. The fourth-order valence-corrected chi connectivity index (χ4v) is 3.65. The topological polar surface area (TPSA) is 86.7 Å². The fourth-order valence-electron chi connectivity index (χ4n) is 3.65. The second-order valence-corrected chi connectivity index (χ2v) is 5.98. The van der Waals surface area contributed by atoms with Crippen LogP contribution in [0.5, 0.6) is 0 Å². The first-order valence-electron chi connectivity index (χ1n) is 6.99. The number of carbonyl (C=O) groups is 3. The zero-order valence-corrected chi connectivity index (χ0v) is 11.7. The van der Waals surface area contributed by atoms with Gasteiger partial charge in [0.1, 0.15) is 0 Å². The summed E-state index contributed by atoms with van der Waals surface area (Å²) >= 11 is 0. The molecule has 3 aliphatic heterocycles. The monoisotopic (exact) mass is 298 g/mol. The van der Waals surface area contributed by atoms with Crippen molar-refractivity contribution in [2.75, 3.05) is 4.90 Å². The van der Waals surface area contributed by atoms with Crippen LogP contribution in [0.3, 0.4) is 0 Å². The number of anilines is 1. The van der Waals surface area contributed by atoms with Crippen molar-refractivity contribution in [2.45, 2.75) is 18.6 Å². The predicted octanol–water partition coefficient (Wildman–Crippen LogP) is -0.117. The smallest absolute Gasteiger partial charge is 0.241 e. The van der Waals surface area contributed by atoms with E-state index < -0.39 is 23.4 Å². The minimum Gasteiger partial charge on any atom is -0.545 e. The van der Waals surface area contributed by atoms with Crippen molar-refractivity contribution >= 4 is 23.5 Å². The maximum atomic E-state index is 12.7. The molecule has 0 aliphatic carbocycles. The highest BCUT2D eigenvalue weighted by molar-refractivity contribution is 6.23. The summed E-state index contributed by atoms with van der Waals surface area (Å²) in [5.41, 5.74) is -0.362. The number of carboxylic acids is 1. The number of fused-ring (bicyclic) bond motifs is 5. The van der Waals surface area contributed by atoms with Gasteiger partial charge >= 0.3 is 0 Å². The van der Waals surface area contributed by atoms with Gasteiger partial charge in [-0.15, -0.1) is 0 Å². The lowest BCUT2D eigenvalue weighted by Crippen LogP contribution is -2.38. The molecule has 2 saturated heterocycles. The number of imide groups is 1. The van der Waals surface area contributed by atoms with Crippen LogP contribution in [0, 0.1) is 11.8 Å². The van der Waals surface area contributed by atoms with Gasteiger partial charge < -0.3 is 14.6 Å². The summed E-state index contributed by atoms with van der Waals surface area (Å²) in [7, 11) is 0. The van der Waals surface area contributed by atoms with Gasteiger partial charge in [0.05, 0.1) is 35.2 Å². The van der Waals surface area contributed by atoms with Gasteiger partial charge in [0.15, 0.2) is 0 Å². The van der Waals surface area contributed by atoms with Crippen LogP contribution >= 0.6 is 0 Å². The van der Waals surface area contributed by atoms with E-state index in [1.807, 2.05) is 19.1 Å². The first-order chi connectivity index (χ1) is 10.4. The Bertz CT molecular complexity index is 737. The molecule has 1 aromatic carbocycles. The molecule has 0 aromatic heterocycles. The highest BCUT2D eigenvalue weighted by Crippen LogP contribution is 2.52. The van der Waals surface area contributed by atoms with Crippen LogP contribution in [0.4, 0.5) is 5.69 Å². The van der Waals surface area contributed by atoms with Crippen molar-refractivity contribution in [1.29, 1.82) is 0 Å². The maximum Gasteiger partial charge on any atom is 0.241 e. The van der Waals surface area contributed by atoms with Gasteiger partial charge in [-0.3, -0.25) is 9.59 Å². The van der Waals surface area contributed by atoms with E-state index in [1.165, 1.54) is 24.3 Å². The van der Waals surface area contributed by atoms with Gasteiger partial charge in [0, 0.05) is 0 Å². The summed E-state index contributed by atoms with van der Waals surface area (Å²) in [5, 5.41) is 10.8. The lowest BCUT2D eigenvalue weighted by atomic mass is 9.78. The number of nitrogens with zero attached hydrogens (tertiary/aromatic N) is 1. The van der Waals surface area contributed by atoms with Crippen molar-refractivity contribution in [3.8, 4) is 0 Å².